The van der Waals surface area contributed by atoms with E-state index in [1.165, 1.54) is 0 Å². The van der Waals surface area contributed by atoms with Crippen molar-refractivity contribution in [1.29, 1.82) is 0 Å². The molecule has 1 aliphatic rings. The summed E-state index contributed by atoms with van der Waals surface area (Å²) in [4.78, 5) is 0. The summed E-state index contributed by atoms with van der Waals surface area (Å²) in [6, 6.07) is 1.67. The lowest BCUT2D eigenvalue weighted by Crippen LogP contribution is -2.15. The highest BCUT2D eigenvalue weighted by Gasteiger charge is 2.32. The van der Waals surface area contributed by atoms with Gasteiger partial charge in [-0.3, -0.25) is 0 Å². The van der Waals surface area contributed by atoms with Gasteiger partial charge in [-0.2, -0.15) is 5.10 Å². The molecule has 0 aliphatic carbocycles. The lowest BCUT2D eigenvalue weighted by atomic mass is 10.1. The van der Waals surface area contributed by atoms with Crippen LogP contribution in [0.2, 0.25) is 0 Å². The quantitative estimate of drug-likeness (QED) is 0.929. The molecule has 2 N–H and O–H groups in total. The standard InChI is InChI=1S/C13H17N3O3S/c1-2-11-12(9-3-5-19-7-9)15-16(13(11)14)10-4-6-20(17,18)8-10/h3,5,7,10H,2,4,6,8,14H2,1H3. The molecule has 6 nitrogen and oxygen atoms in total. The Morgan fingerprint density at radius 2 is 2.35 bits per heavy atom. The van der Waals surface area contributed by atoms with Gasteiger partial charge in [0, 0.05) is 11.1 Å². The fourth-order valence-electron chi connectivity index (χ4n) is 2.71. The summed E-state index contributed by atoms with van der Waals surface area (Å²) in [6.07, 6.45) is 4.52. The number of nitrogen functional groups attached to an aromatic ring is 1. The SMILES string of the molecule is CCc1c(-c2ccoc2)nn(C2CCS(=O)(=O)C2)c1N. The summed E-state index contributed by atoms with van der Waals surface area (Å²) in [5, 5.41) is 4.54. The van der Waals surface area contributed by atoms with Crippen molar-refractivity contribution in [2.75, 3.05) is 17.2 Å². The molecule has 2 aromatic heterocycles. The lowest BCUT2D eigenvalue weighted by molar-refractivity contribution is 0.507. The fraction of sp³-hybridized carbons (Fsp3) is 0.462. The van der Waals surface area contributed by atoms with Crippen LogP contribution >= 0.6 is 0 Å². The number of nitrogens with zero attached hydrogens (tertiary/aromatic N) is 2. The summed E-state index contributed by atoms with van der Waals surface area (Å²) in [6.45, 7) is 2.01. The predicted octanol–water partition coefficient (Wildman–Crippen LogP) is 1.65. The Labute approximate surface area is 117 Å². The van der Waals surface area contributed by atoms with Gasteiger partial charge in [-0.15, -0.1) is 0 Å². The van der Waals surface area contributed by atoms with Crippen molar-refractivity contribution in [3.05, 3.63) is 24.2 Å². The van der Waals surface area contributed by atoms with E-state index in [1.807, 2.05) is 13.0 Å². The minimum absolute atomic E-state index is 0.118. The second kappa shape index (κ2) is 4.66. The van der Waals surface area contributed by atoms with Crippen LogP contribution in [0.3, 0.4) is 0 Å². The first-order valence-corrected chi connectivity index (χ1v) is 8.44. The van der Waals surface area contributed by atoms with Crippen molar-refractivity contribution in [2.45, 2.75) is 25.8 Å². The van der Waals surface area contributed by atoms with Gasteiger partial charge in [-0.1, -0.05) is 6.92 Å². The van der Waals surface area contributed by atoms with E-state index in [2.05, 4.69) is 5.10 Å². The van der Waals surface area contributed by atoms with Gasteiger partial charge in [0.25, 0.3) is 0 Å². The van der Waals surface area contributed by atoms with Gasteiger partial charge in [-0.25, -0.2) is 13.1 Å². The Kier molecular flexibility index (Phi) is 3.08. The number of sulfone groups is 1. The second-order valence-corrected chi connectivity index (χ2v) is 7.31. The Hall–Kier alpha value is -1.76. The van der Waals surface area contributed by atoms with E-state index in [0.29, 0.717) is 12.2 Å². The van der Waals surface area contributed by atoms with Crippen molar-refractivity contribution >= 4 is 15.7 Å². The zero-order valence-corrected chi connectivity index (χ0v) is 12.1. The molecule has 1 atom stereocenters. The van der Waals surface area contributed by atoms with Crippen molar-refractivity contribution in [3.63, 3.8) is 0 Å². The number of nitrogens with two attached hydrogens (primary N) is 1. The zero-order chi connectivity index (χ0) is 14.3. The number of hydrogen-bond acceptors (Lipinski definition) is 5. The van der Waals surface area contributed by atoms with E-state index in [0.717, 1.165) is 23.2 Å². The summed E-state index contributed by atoms with van der Waals surface area (Å²) in [5.41, 5.74) is 8.75. The third-order valence-electron chi connectivity index (χ3n) is 3.75. The molecule has 0 bridgehead atoms. The maximum absolute atomic E-state index is 11.6. The van der Waals surface area contributed by atoms with Gasteiger partial charge in [0.1, 0.15) is 11.5 Å². The molecule has 0 aromatic carbocycles. The van der Waals surface area contributed by atoms with Gasteiger partial charge in [-0.05, 0) is 18.9 Å². The number of rotatable bonds is 3. The van der Waals surface area contributed by atoms with Crippen LogP contribution in [0.5, 0.6) is 0 Å². The van der Waals surface area contributed by atoms with Crippen LogP contribution in [0.15, 0.2) is 23.0 Å². The molecule has 2 aromatic rings. The van der Waals surface area contributed by atoms with Crippen LogP contribution in [-0.4, -0.2) is 29.7 Å². The molecule has 20 heavy (non-hydrogen) atoms. The maximum Gasteiger partial charge on any atom is 0.152 e. The monoisotopic (exact) mass is 295 g/mol. The number of aromatic nitrogens is 2. The normalized spacial score (nSPS) is 21.4. The fourth-order valence-corrected chi connectivity index (χ4v) is 4.40. The molecular formula is C13H17N3O3S. The molecule has 3 heterocycles. The molecule has 1 fully saturated rings. The van der Waals surface area contributed by atoms with Gasteiger partial charge < -0.3 is 10.2 Å². The molecule has 7 heteroatoms. The van der Waals surface area contributed by atoms with E-state index in [9.17, 15) is 8.42 Å². The van der Waals surface area contributed by atoms with Crippen molar-refractivity contribution in [3.8, 4) is 11.3 Å². The van der Waals surface area contributed by atoms with E-state index >= 15 is 0 Å². The Bertz CT molecular complexity index is 716. The average molecular weight is 295 g/mol. The first kappa shape index (κ1) is 13.2. The first-order valence-electron chi connectivity index (χ1n) is 6.61. The smallest absolute Gasteiger partial charge is 0.152 e. The summed E-state index contributed by atoms with van der Waals surface area (Å²) in [5.74, 6) is 0.887. The molecule has 1 saturated heterocycles. The number of hydrogen-bond donors (Lipinski definition) is 1. The Balaban J connectivity index is 2.05. The third-order valence-corrected chi connectivity index (χ3v) is 5.50. The van der Waals surface area contributed by atoms with Crippen LogP contribution in [-0.2, 0) is 16.3 Å². The molecule has 3 rings (SSSR count). The Morgan fingerprint density at radius 1 is 1.55 bits per heavy atom. The van der Waals surface area contributed by atoms with E-state index in [1.54, 1.807) is 17.2 Å². The maximum atomic E-state index is 11.6. The van der Waals surface area contributed by atoms with Gasteiger partial charge in [0.05, 0.1) is 30.1 Å². The zero-order valence-electron chi connectivity index (χ0n) is 11.2. The molecule has 0 amide bonds. The molecule has 0 spiro atoms. The highest BCUT2D eigenvalue weighted by Crippen LogP contribution is 2.33. The summed E-state index contributed by atoms with van der Waals surface area (Å²) >= 11 is 0. The summed E-state index contributed by atoms with van der Waals surface area (Å²) in [7, 11) is -2.96. The molecule has 108 valence electrons. The molecular weight excluding hydrogens is 278 g/mol. The van der Waals surface area contributed by atoms with Crippen molar-refractivity contribution < 1.29 is 12.8 Å². The second-order valence-electron chi connectivity index (χ2n) is 5.08. The largest absolute Gasteiger partial charge is 0.472 e. The molecule has 1 unspecified atom stereocenters. The first-order chi connectivity index (χ1) is 9.52. The summed E-state index contributed by atoms with van der Waals surface area (Å²) < 4.78 is 30.0. The number of anilines is 1. The van der Waals surface area contributed by atoms with Gasteiger partial charge in [0.2, 0.25) is 0 Å². The molecule has 1 aliphatic heterocycles. The van der Waals surface area contributed by atoms with E-state index in [-0.39, 0.29) is 17.5 Å². The van der Waals surface area contributed by atoms with Crippen LogP contribution in [0.4, 0.5) is 5.82 Å². The van der Waals surface area contributed by atoms with E-state index < -0.39 is 9.84 Å². The predicted molar refractivity (Wildman–Crippen MR) is 76.0 cm³/mol. The average Bonchev–Trinajstić information content (AvgIpc) is 3.08. The van der Waals surface area contributed by atoms with Crippen molar-refractivity contribution in [1.82, 2.24) is 9.78 Å². The molecule has 0 radical (unpaired) electrons. The van der Waals surface area contributed by atoms with E-state index in [4.69, 9.17) is 10.2 Å². The third kappa shape index (κ3) is 2.11. The highest BCUT2D eigenvalue weighted by atomic mass is 32.2. The molecule has 0 saturated carbocycles. The number of furan rings is 1. The van der Waals surface area contributed by atoms with Crippen LogP contribution in [0, 0.1) is 0 Å². The van der Waals surface area contributed by atoms with Crippen molar-refractivity contribution in [2.24, 2.45) is 0 Å². The van der Waals surface area contributed by atoms with Crippen LogP contribution in [0.25, 0.3) is 11.3 Å². The van der Waals surface area contributed by atoms with Crippen LogP contribution < -0.4 is 5.73 Å². The highest BCUT2D eigenvalue weighted by molar-refractivity contribution is 7.91. The lowest BCUT2D eigenvalue weighted by Gasteiger charge is -2.10. The minimum atomic E-state index is -2.96. The van der Waals surface area contributed by atoms with Gasteiger partial charge >= 0.3 is 0 Å². The minimum Gasteiger partial charge on any atom is -0.472 e. The topological polar surface area (TPSA) is 91.1 Å². The van der Waals surface area contributed by atoms with Crippen LogP contribution in [0.1, 0.15) is 24.9 Å². The van der Waals surface area contributed by atoms with Gasteiger partial charge in [0.15, 0.2) is 9.84 Å². The Morgan fingerprint density at radius 3 is 2.90 bits per heavy atom.